The van der Waals surface area contributed by atoms with E-state index in [1.807, 2.05) is 6.92 Å². The highest BCUT2D eigenvalue weighted by Gasteiger charge is 2.30. The van der Waals surface area contributed by atoms with E-state index in [4.69, 9.17) is 0 Å². The zero-order valence-corrected chi connectivity index (χ0v) is 11.1. The Bertz CT molecular complexity index is 420. The third-order valence-electron chi connectivity index (χ3n) is 2.65. The predicted octanol–water partition coefficient (Wildman–Crippen LogP) is 2.81. The smallest absolute Gasteiger partial charge is 0.317 e. The Morgan fingerprint density at radius 3 is 2.61 bits per heavy atom. The van der Waals surface area contributed by atoms with Crippen LogP contribution in [0.25, 0.3) is 0 Å². The molecule has 2 atom stereocenters. The van der Waals surface area contributed by atoms with Crippen molar-refractivity contribution in [3.8, 4) is 0 Å². The molecule has 1 aromatic carbocycles. The van der Waals surface area contributed by atoms with Crippen LogP contribution in [0.1, 0.15) is 18.9 Å². The molecule has 0 aliphatic carbocycles. The van der Waals surface area contributed by atoms with E-state index in [1.54, 1.807) is 7.05 Å². The summed E-state index contributed by atoms with van der Waals surface area (Å²) in [7, 11) is 0.399. The second kappa shape index (κ2) is 6.33. The maximum atomic E-state index is 12.5. The summed E-state index contributed by atoms with van der Waals surface area (Å²) in [5.74, 6) is 0.351. The normalized spacial score (nSPS) is 15.4. The standard InChI is InChI=1S/C12H16F3NOS/c1-9(16-2)6-7-18(17)11-5-3-4-10(8-11)12(13,14)15/h3-5,8-9,16H,6-7H2,1-2H3. The number of halogens is 3. The lowest BCUT2D eigenvalue weighted by molar-refractivity contribution is -0.137. The van der Waals surface area contributed by atoms with E-state index < -0.39 is 22.5 Å². The highest BCUT2D eigenvalue weighted by molar-refractivity contribution is 7.85. The van der Waals surface area contributed by atoms with Crippen LogP contribution in [0, 0.1) is 0 Å². The van der Waals surface area contributed by atoms with Crippen LogP contribution in [-0.4, -0.2) is 23.1 Å². The minimum Gasteiger partial charge on any atom is -0.317 e. The van der Waals surface area contributed by atoms with Crippen LogP contribution in [0.2, 0.25) is 0 Å². The molecule has 2 nitrogen and oxygen atoms in total. The van der Waals surface area contributed by atoms with Crippen molar-refractivity contribution in [2.45, 2.75) is 30.5 Å². The average Bonchev–Trinajstić information content (AvgIpc) is 2.34. The molecule has 0 radical (unpaired) electrons. The Morgan fingerprint density at radius 1 is 1.39 bits per heavy atom. The molecule has 6 heteroatoms. The van der Waals surface area contributed by atoms with Gasteiger partial charge in [-0.25, -0.2) is 0 Å². The summed E-state index contributed by atoms with van der Waals surface area (Å²) in [5, 5.41) is 2.99. The van der Waals surface area contributed by atoms with E-state index in [2.05, 4.69) is 5.32 Å². The molecule has 0 fully saturated rings. The Kier molecular flexibility index (Phi) is 5.34. The molecule has 2 unspecified atom stereocenters. The molecule has 18 heavy (non-hydrogen) atoms. The fraction of sp³-hybridized carbons (Fsp3) is 0.500. The van der Waals surface area contributed by atoms with Gasteiger partial charge in [-0.2, -0.15) is 13.2 Å². The second-order valence-corrected chi connectivity index (χ2v) is 5.62. The predicted molar refractivity (Wildman–Crippen MR) is 65.9 cm³/mol. The fourth-order valence-electron chi connectivity index (χ4n) is 1.36. The van der Waals surface area contributed by atoms with Crippen LogP contribution < -0.4 is 5.32 Å². The zero-order valence-electron chi connectivity index (χ0n) is 10.3. The number of hydrogen-bond donors (Lipinski definition) is 1. The average molecular weight is 279 g/mol. The zero-order chi connectivity index (χ0) is 13.8. The summed E-state index contributed by atoms with van der Waals surface area (Å²) in [6.07, 6.45) is -3.74. The second-order valence-electron chi connectivity index (χ2n) is 4.05. The number of rotatable bonds is 5. The van der Waals surface area contributed by atoms with Gasteiger partial charge in [0.05, 0.1) is 16.4 Å². The summed E-state index contributed by atoms with van der Waals surface area (Å²) in [5.41, 5.74) is -0.755. The molecule has 102 valence electrons. The third kappa shape index (κ3) is 4.42. The third-order valence-corrected chi connectivity index (χ3v) is 4.04. The lowest BCUT2D eigenvalue weighted by Crippen LogP contribution is -2.23. The molecule has 0 bridgehead atoms. The minimum absolute atomic E-state index is 0.194. The molecule has 1 N–H and O–H groups in total. The lowest BCUT2D eigenvalue weighted by atomic mass is 10.2. The maximum absolute atomic E-state index is 12.5. The van der Waals surface area contributed by atoms with Gasteiger partial charge in [0.15, 0.2) is 0 Å². The van der Waals surface area contributed by atoms with Gasteiger partial charge in [-0.1, -0.05) is 6.07 Å². The largest absolute Gasteiger partial charge is 0.416 e. The van der Waals surface area contributed by atoms with E-state index >= 15 is 0 Å². The van der Waals surface area contributed by atoms with Crippen molar-refractivity contribution in [3.63, 3.8) is 0 Å². The molecule has 0 saturated heterocycles. The van der Waals surface area contributed by atoms with Gasteiger partial charge in [-0.05, 0) is 38.6 Å². The van der Waals surface area contributed by atoms with Crippen molar-refractivity contribution in [3.05, 3.63) is 29.8 Å². The Morgan fingerprint density at radius 2 is 2.06 bits per heavy atom. The Balaban J connectivity index is 2.75. The van der Waals surface area contributed by atoms with Crippen LogP contribution in [0.5, 0.6) is 0 Å². The number of hydrogen-bond acceptors (Lipinski definition) is 2. The molecule has 0 aromatic heterocycles. The first-order valence-electron chi connectivity index (χ1n) is 5.57. The lowest BCUT2D eigenvalue weighted by Gasteiger charge is -2.11. The van der Waals surface area contributed by atoms with Gasteiger partial charge in [0.1, 0.15) is 0 Å². The summed E-state index contributed by atoms with van der Waals surface area (Å²) >= 11 is 0. The van der Waals surface area contributed by atoms with Crippen LogP contribution in [0.15, 0.2) is 29.2 Å². The fourth-order valence-corrected chi connectivity index (χ4v) is 2.65. The van der Waals surface area contributed by atoms with Crippen LogP contribution in [-0.2, 0) is 17.0 Å². The number of alkyl halides is 3. The van der Waals surface area contributed by atoms with E-state index in [0.29, 0.717) is 12.2 Å². The van der Waals surface area contributed by atoms with Crippen molar-refractivity contribution in [2.24, 2.45) is 0 Å². The summed E-state index contributed by atoms with van der Waals surface area (Å²) in [6, 6.07) is 4.89. The van der Waals surface area contributed by atoms with Crippen LogP contribution >= 0.6 is 0 Å². The summed E-state index contributed by atoms with van der Waals surface area (Å²) in [6.45, 7) is 1.93. The first-order chi connectivity index (χ1) is 8.34. The van der Waals surface area contributed by atoms with Crippen molar-refractivity contribution < 1.29 is 17.4 Å². The highest BCUT2D eigenvalue weighted by atomic mass is 32.2. The molecular formula is C12H16F3NOS. The van der Waals surface area contributed by atoms with Crippen molar-refractivity contribution >= 4 is 10.8 Å². The summed E-state index contributed by atoms with van der Waals surface area (Å²) < 4.78 is 49.3. The van der Waals surface area contributed by atoms with Crippen molar-refractivity contribution in [1.29, 1.82) is 0 Å². The van der Waals surface area contributed by atoms with Gasteiger partial charge in [0, 0.05) is 16.7 Å². The first kappa shape index (κ1) is 15.2. The minimum atomic E-state index is -4.39. The van der Waals surface area contributed by atoms with Gasteiger partial charge in [0.2, 0.25) is 0 Å². The maximum Gasteiger partial charge on any atom is 0.416 e. The van der Waals surface area contributed by atoms with Gasteiger partial charge >= 0.3 is 6.18 Å². The molecule has 0 saturated carbocycles. The molecule has 0 spiro atoms. The molecule has 0 amide bonds. The molecule has 0 aliphatic heterocycles. The SMILES string of the molecule is CNC(C)CCS(=O)c1cccc(C(F)(F)F)c1. The number of benzene rings is 1. The van der Waals surface area contributed by atoms with Gasteiger partial charge in [-0.15, -0.1) is 0 Å². The topological polar surface area (TPSA) is 29.1 Å². The number of nitrogens with one attached hydrogen (secondary N) is 1. The molecule has 0 heterocycles. The molecular weight excluding hydrogens is 263 g/mol. The quantitative estimate of drug-likeness (QED) is 0.898. The molecule has 1 aromatic rings. The van der Waals surface area contributed by atoms with E-state index in [-0.39, 0.29) is 10.9 Å². The van der Waals surface area contributed by atoms with Gasteiger partial charge in [0.25, 0.3) is 0 Å². The monoisotopic (exact) mass is 279 g/mol. The first-order valence-corrected chi connectivity index (χ1v) is 6.89. The van der Waals surface area contributed by atoms with Gasteiger partial charge in [-0.3, -0.25) is 4.21 Å². The molecule has 1 rings (SSSR count). The van der Waals surface area contributed by atoms with Crippen LogP contribution in [0.3, 0.4) is 0 Å². The van der Waals surface area contributed by atoms with E-state index in [1.165, 1.54) is 12.1 Å². The van der Waals surface area contributed by atoms with Crippen molar-refractivity contribution in [1.82, 2.24) is 5.32 Å². The van der Waals surface area contributed by atoms with E-state index in [0.717, 1.165) is 12.1 Å². The molecule has 0 aliphatic rings. The summed E-state index contributed by atoms with van der Waals surface area (Å²) in [4.78, 5) is 0.230. The van der Waals surface area contributed by atoms with E-state index in [9.17, 15) is 17.4 Å². The Hall–Kier alpha value is -0.880. The van der Waals surface area contributed by atoms with Crippen LogP contribution in [0.4, 0.5) is 13.2 Å². The Labute approximate surface area is 107 Å². The van der Waals surface area contributed by atoms with Gasteiger partial charge < -0.3 is 5.32 Å². The highest BCUT2D eigenvalue weighted by Crippen LogP contribution is 2.30. The van der Waals surface area contributed by atoms with Crippen molar-refractivity contribution in [2.75, 3.05) is 12.8 Å².